The van der Waals surface area contributed by atoms with Gasteiger partial charge in [0.05, 0.1) is 11.8 Å². The molecule has 0 N–H and O–H groups in total. The summed E-state index contributed by atoms with van der Waals surface area (Å²) < 4.78 is 16.1. The van der Waals surface area contributed by atoms with Crippen molar-refractivity contribution in [3.05, 3.63) is 78.1 Å². The van der Waals surface area contributed by atoms with Crippen molar-refractivity contribution in [2.24, 2.45) is 0 Å². The standard InChI is InChI=1S/C20H20FN5O/c21-18-12-23-8-5-17(18)20(27)26-10-1-2-16(14-26)19-24-9-11-25(19)13-15-3-6-22-7-4-15/h3-9,11-12,16H,1-2,10,13-14H2/t16-/m1/s1. The second-order valence-electron chi connectivity index (χ2n) is 6.71. The van der Waals surface area contributed by atoms with Crippen LogP contribution in [0.5, 0.6) is 0 Å². The van der Waals surface area contributed by atoms with Crippen molar-refractivity contribution >= 4 is 5.91 Å². The van der Waals surface area contributed by atoms with Crippen molar-refractivity contribution in [1.29, 1.82) is 0 Å². The predicted octanol–water partition coefficient (Wildman–Crippen LogP) is 2.88. The fraction of sp³-hybridized carbons (Fsp3) is 0.300. The topological polar surface area (TPSA) is 63.9 Å². The van der Waals surface area contributed by atoms with E-state index in [1.165, 1.54) is 12.3 Å². The Morgan fingerprint density at radius 2 is 1.96 bits per heavy atom. The van der Waals surface area contributed by atoms with Gasteiger partial charge in [-0.05, 0) is 36.6 Å². The van der Waals surface area contributed by atoms with Gasteiger partial charge in [-0.25, -0.2) is 9.37 Å². The van der Waals surface area contributed by atoms with Crippen LogP contribution >= 0.6 is 0 Å². The number of nitrogens with zero attached hydrogens (tertiary/aromatic N) is 5. The molecule has 0 bridgehead atoms. The molecular weight excluding hydrogens is 345 g/mol. The Bertz CT molecular complexity index is 927. The molecule has 1 aliphatic heterocycles. The SMILES string of the molecule is O=C(c1ccncc1F)N1CCC[C@@H](c2nccn2Cc2ccncc2)C1. The molecule has 1 amide bonds. The molecule has 0 saturated carbocycles. The van der Waals surface area contributed by atoms with Crippen molar-refractivity contribution in [2.45, 2.75) is 25.3 Å². The lowest BCUT2D eigenvalue weighted by Crippen LogP contribution is -2.40. The number of hydrogen-bond acceptors (Lipinski definition) is 4. The largest absolute Gasteiger partial charge is 0.338 e. The highest BCUT2D eigenvalue weighted by Gasteiger charge is 2.29. The fourth-order valence-corrected chi connectivity index (χ4v) is 3.59. The molecule has 3 aromatic heterocycles. The molecule has 7 heteroatoms. The molecule has 27 heavy (non-hydrogen) atoms. The first-order valence-corrected chi connectivity index (χ1v) is 9.01. The highest BCUT2D eigenvalue weighted by Crippen LogP contribution is 2.27. The summed E-state index contributed by atoms with van der Waals surface area (Å²) in [6.45, 7) is 1.87. The number of likely N-dealkylation sites (tertiary alicyclic amines) is 1. The molecule has 0 aromatic carbocycles. The van der Waals surface area contributed by atoms with Gasteiger partial charge in [0.1, 0.15) is 5.82 Å². The zero-order valence-electron chi connectivity index (χ0n) is 14.8. The summed E-state index contributed by atoms with van der Waals surface area (Å²) in [6.07, 6.45) is 11.6. The molecular formula is C20H20FN5O. The van der Waals surface area contributed by atoms with Gasteiger partial charge in [0.25, 0.3) is 5.91 Å². The number of piperidine rings is 1. The Kier molecular flexibility index (Phi) is 4.91. The molecule has 4 heterocycles. The third-order valence-electron chi connectivity index (χ3n) is 4.93. The minimum atomic E-state index is -0.580. The summed E-state index contributed by atoms with van der Waals surface area (Å²) in [5.41, 5.74) is 1.22. The maximum atomic E-state index is 13.9. The molecule has 0 unspecified atom stereocenters. The number of amides is 1. The Morgan fingerprint density at radius 1 is 1.15 bits per heavy atom. The Hall–Kier alpha value is -3.09. The summed E-state index contributed by atoms with van der Waals surface area (Å²) in [5.74, 6) is 0.222. The quantitative estimate of drug-likeness (QED) is 0.713. The smallest absolute Gasteiger partial charge is 0.256 e. The Balaban J connectivity index is 1.52. The van der Waals surface area contributed by atoms with Crippen LogP contribution in [0.3, 0.4) is 0 Å². The molecule has 1 atom stereocenters. The normalized spacial score (nSPS) is 17.1. The summed E-state index contributed by atoms with van der Waals surface area (Å²) >= 11 is 0. The van der Waals surface area contributed by atoms with E-state index < -0.39 is 5.82 Å². The van der Waals surface area contributed by atoms with Gasteiger partial charge in [-0.1, -0.05) is 0 Å². The van der Waals surface area contributed by atoms with Crippen LogP contribution in [-0.4, -0.2) is 43.4 Å². The lowest BCUT2D eigenvalue weighted by atomic mass is 9.96. The first-order chi connectivity index (χ1) is 13.2. The molecule has 6 nitrogen and oxygen atoms in total. The third kappa shape index (κ3) is 3.72. The molecule has 4 rings (SSSR count). The fourth-order valence-electron chi connectivity index (χ4n) is 3.59. The van der Waals surface area contributed by atoms with Crippen LogP contribution in [0.15, 0.2) is 55.4 Å². The molecule has 1 fully saturated rings. The van der Waals surface area contributed by atoms with E-state index >= 15 is 0 Å². The van der Waals surface area contributed by atoms with Gasteiger partial charge in [0.15, 0.2) is 5.82 Å². The molecule has 0 spiro atoms. The number of rotatable bonds is 4. The van der Waals surface area contributed by atoms with Gasteiger partial charge in [-0.2, -0.15) is 0 Å². The summed E-state index contributed by atoms with van der Waals surface area (Å²) in [4.78, 5) is 26.8. The van der Waals surface area contributed by atoms with E-state index in [-0.39, 0.29) is 17.4 Å². The summed E-state index contributed by atoms with van der Waals surface area (Å²) in [5, 5.41) is 0. The first kappa shape index (κ1) is 17.3. The lowest BCUT2D eigenvalue weighted by molar-refractivity contribution is 0.0698. The van der Waals surface area contributed by atoms with E-state index in [2.05, 4.69) is 19.5 Å². The van der Waals surface area contributed by atoms with Crippen LogP contribution in [0.4, 0.5) is 4.39 Å². The Morgan fingerprint density at radius 3 is 2.78 bits per heavy atom. The van der Waals surface area contributed by atoms with Gasteiger partial charge in [0.2, 0.25) is 0 Å². The van der Waals surface area contributed by atoms with Crippen LogP contribution < -0.4 is 0 Å². The monoisotopic (exact) mass is 365 g/mol. The third-order valence-corrected chi connectivity index (χ3v) is 4.93. The van der Waals surface area contributed by atoms with Crippen LogP contribution in [-0.2, 0) is 6.54 Å². The number of pyridine rings is 2. The highest BCUT2D eigenvalue weighted by atomic mass is 19.1. The van der Waals surface area contributed by atoms with Crippen LogP contribution in [0.25, 0.3) is 0 Å². The van der Waals surface area contributed by atoms with Gasteiger partial charge in [-0.15, -0.1) is 0 Å². The first-order valence-electron chi connectivity index (χ1n) is 9.01. The maximum absolute atomic E-state index is 13.9. The minimum Gasteiger partial charge on any atom is -0.338 e. The average Bonchev–Trinajstić information content (AvgIpc) is 3.17. The molecule has 3 aromatic rings. The minimum absolute atomic E-state index is 0.0748. The lowest BCUT2D eigenvalue weighted by Gasteiger charge is -2.32. The molecule has 138 valence electrons. The summed E-state index contributed by atoms with van der Waals surface area (Å²) in [7, 11) is 0. The average molecular weight is 365 g/mol. The number of hydrogen-bond donors (Lipinski definition) is 0. The second-order valence-corrected chi connectivity index (χ2v) is 6.71. The van der Waals surface area contributed by atoms with E-state index in [9.17, 15) is 9.18 Å². The van der Waals surface area contributed by atoms with Crippen molar-refractivity contribution in [3.8, 4) is 0 Å². The van der Waals surface area contributed by atoms with E-state index in [0.717, 1.165) is 30.4 Å². The van der Waals surface area contributed by atoms with Crippen LogP contribution in [0.1, 0.15) is 40.5 Å². The van der Waals surface area contributed by atoms with E-state index in [1.54, 1.807) is 23.5 Å². The van der Waals surface area contributed by atoms with Gasteiger partial charge in [-0.3, -0.25) is 14.8 Å². The van der Waals surface area contributed by atoms with Gasteiger partial charge >= 0.3 is 0 Å². The van der Waals surface area contributed by atoms with E-state index in [0.29, 0.717) is 19.6 Å². The predicted molar refractivity (Wildman–Crippen MR) is 97.6 cm³/mol. The molecule has 0 aliphatic carbocycles. The molecule has 1 aliphatic rings. The second kappa shape index (κ2) is 7.65. The zero-order valence-corrected chi connectivity index (χ0v) is 14.8. The van der Waals surface area contributed by atoms with Gasteiger partial charge < -0.3 is 9.47 Å². The van der Waals surface area contributed by atoms with E-state index in [1.807, 2.05) is 18.3 Å². The Labute approximate surface area is 156 Å². The summed E-state index contributed by atoms with van der Waals surface area (Å²) in [6, 6.07) is 5.39. The number of carbonyl (C=O) groups excluding carboxylic acids is 1. The maximum Gasteiger partial charge on any atom is 0.256 e. The van der Waals surface area contributed by atoms with Gasteiger partial charge in [0, 0.05) is 56.5 Å². The zero-order chi connectivity index (χ0) is 18.6. The number of halogens is 1. The highest BCUT2D eigenvalue weighted by molar-refractivity contribution is 5.94. The molecule has 0 radical (unpaired) electrons. The van der Waals surface area contributed by atoms with Crippen LogP contribution in [0.2, 0.25) is 0 Å². The van der Waals surface area contributed by atoms with Crippen molar-refractivity contribution in [3.63, 3.8) is 0 Å². The van der Waals surface area contributed by atoms with E-state index in [4.69, 9.17) is 0 Å². The van der Waals surface area contributed by atoms with Crippen molar-refractivity contribution in [1.82, 2.24) is 24.4 Å². The molecule has 1 saturated heterocycles. The van der Waals surface area contributed by atoms with Crippen molar-refractivity contribution in [2.75, 3.05) is 13.1 Å². The van der Waals surface area contributed by atoms with Crippen LogP contribution in [0, 0.1) is 5.82 Å². The van der Waals surface area contributed by atoms with Crippen molar-refractivity contribution < 1.29 is 9.18 Å². The number of imidazole rings is 1. The number of aromatic nitrogens is 4. The number of carbonyl (C=O) groups is 1.